The van der Waals surface area contributed by atoms with Crippen LogP contribution in [0, 0.1) is 17.8 Å². The Kier molecular flexibility index (Phi) is 12.4. The molecule has 2 bridgehead atoms. The number of anilines is 2. The Labute approximate surface area is 330 Å². The normalized spacial score (nSPS) is 30.0. The van der Waals surface area contributed by atoms with Crippen molar-refractivity contribution >= 4 is 45.4 Å². The lowest BCUT2D eigenvalue weighted by atomic mass is 9.63. The number of aromatic nitrogens is 1. The number of rotatable bonds is 7. The van der Waals surface area contributed by atoms with Gasteiger partial charge in [-0.3, -0.25) is 14.7 Å². The number of halogens is 1. The molecule has 4 heterocycles. The SMILES string of the molecule is C=S1NC(=O)c2ccc3c(c2)N(CC(c2ccc(Cl)cc2CCC)CO3)CC2CCC2C(CN2CCN(c3ccncc3)CC2)(OC)/C=C/CC(C)C1C. The molecule has 1 saturated carbocycles. The summed E-state index contributed by atoms with van der Waals surface area (Å²) in [5.41, 5.74) is 5.05. The van der Waals surface area contributed by atoms with Crippen LogP contribution in [0.3, 0.4) is 0 Å². The molecule has 1 aromatic heterocycles. The highest BCUT2D eigenvalue weighted by Gasteiger charge is 2.48. The second-order valence-corrected chi connectivity index (χ2v) is 18.2. The number of nitrogens with zero attached hydrogens (tertiary/aromatic N) is 4. The number of nitrogens with one attached hydrogen (secondary N) is 1. The van der Waals surface area contributed by atoms with Crippen LogP contribution >= 0.6 is 22.3 Å². The van der Waals surface area contributed by atoms with Gasteiger partial charge >= 0.3 is 0 Å². The molecule has 290 valence electrons. The number of allylic oxidation sites excluding steroid dienone is 1. The summed E-state index contributed by atoms with van der Waals surface area (Å²) in [5.74, 6) is 6.44. The molecule has 3 aliphatic heterocycles. The van der Waals surface area contributed by atoms with Crippen molar-refractivity contribution in [3.05, 3.63) is 94.8 Å². The van der Waals surface area contributed by atoms with Crippen molar-refractivity contribution in [1.29, 1.82) is 0 Å². The predicted octanol–water partition coefficient (Wildman–Crippen LogP) is 8.23. The fourth-order valence-corrected chi connectivity index (χ4v) is 10.4. The number of ether oxygens (including phenoxy) is 2. The van der Waals surface area contributed by atoms with Crippen LogP contribution in [0.15, 0.2) is 73.1 Å². The zero-order chi connectivity index (χ0) is 37.8. The molecule has 2 fully saturated rings. The van der Waals surface area contributed by atoms with Gasteiger partial charge in [0.25, 0.3) is 5.91 Å². The van der Waals surface area contributed by atoms with Gasteiger partial charge in [-0.05, 0) is 97.0 Å². The maximum absolute atomic E-state index is 13.8. The van der Waals surface area contributed by atoms with E-state index >= 15 is 0 Å². The average Bonchev–Trinajstić information content (AvgIpc) is 3.35. The molecule has 2 aromatic carbocycles. The number of aryl methyl sites for hydroxylation is 1. The summed E-state index contributed by atoms with van der Waals surface area (Å²) in [4.78, 5) is 25.6. The van der Waals surface area contributed by atoms with E-state index in [-0.39, 0.29) is 17.1 Å². The van der Waals surface area contributed by atoms with E-state index in [1.165, 1.54) is 16.8 Å². The molecule has 7 atom stereocenters. The van der Waals surface area contributed by atoms with Gasteiger partial charge in [0.2, 0.25) is 0 Å². The van der Waals surface area contributed by atoms with Crippen LogP contribution in [0.25, 0.3) is 0 Å². The largest absolute Gasteiger partial charge is 0.491 e. The number of piperazine rings is 1. The first kappa shape index (κ1) is 38.9. The van der Waals surface area contributed by atoms with E-state index in [9.17, 15) is 4.79 Å². The molecule has 10 heteroatoms. The van der Waals surface area contributed by atoms with Gasteiger partial charge in [-0.1, -0.05) is 73.6 Å². The summed E-state index contributed by atoms with van der Waals surface area (Å²) >= 11 is 6.53. The zero-order valence-corrected chi connectivity index (χ0v) is 34.1. The lowest BCUT2D eigenvalue weighted by Gasteiger charge is -2.52. The van der Waals surface area contributed by atoms with Gasteiger partial charge in [-0.2, -0.15) is 0 Å². The highest BCUT2D eigenvalue weighted by molar-refractivity contribution is 8.13. The van der Waals surface area contributed by atoms with Crippen LogP contribution in [0.2, 0.25) is 5.02 Å². The van der Waals surface area contributed by atoms with Crippen LogP contribution in [-0.2, 0) is 11.2 Å². The number of hydrogen-bond acceptors (Lipinski definition) is 7. The summed E-state index contributed by atoms with van der Waals surface area (Å²) < 4.78 is 16.7. The van der Waals surface area contributed by atoms with E-state index in [0.29, 0.717) is 29.9 Å². The molecular weight excluding hydrogens is 714 g/mol. The van der Waals surface area contributed by atoms with Gasteiger partial charge in [0.05, 0.1) is 12.3 Å². The molecule has 1 aliphatic carbocycles. The maximum Gasteiger partial charge on any atom is 0.260 e. The van der Waals surface area contributed by atoms with Crippen molar-refractivity contribution in [3.63, 3.8) is 0 Å². The van der Waals surface area contributed by atoms with Gasteiger partial charge < -0.3 is 24.0 Å². The molecule has 7 rings (SSSR count). The molecule has 1 amide bonds. The molecule has 0 radical (unpaired) electrons. The van der Waals surface area contributed by atoms with Gasteiger partial charge in [0.1, 0.15) is 11.4 Å². The third-order valence-corrected chi connectivity index (χ3v) is 14.7. The second kappa shape index (κ2) is 17.2. The first-order valence-corrected chi connectivity index (χ1v) is 21.8. The second-order valence-electron chi connectivity index (χ2n) is 15.9. The first-order valence-electron chi connectivity index (χ1n) is 19.9. The van der Waals surface area contributed by atoms with Crippen LogP contribution in [0.1, 0.15) is 73.9 Å². The van der Waals surface area contributed by atoms with Gasteiger partial charge in [0, 0.05) is 92.8 Å². The highest BCUT2D eigenvalue weighted by Crippen LogP contribution is 2.47. The van der Waals surface area contributed by atoms with Gasteiger partial charge in [0.15, 0.2) is 0 Å². The molecule has 1 saturated heterocycles. The van der Waals surface area contributed by atoms with Crippen LogP contribution in [0.4, 0.5) is 11.4 Å². The Morgan fingerprint density at radius 1 is 1.04 bits per heavy atom. The first-order chi connectivity index (χ1) is 26.2. The smallest absolute Gasteiger partial charge is 0.260 e. The van der Waals surface area contributed by atoms with Crippen LogP contribution in [0.5, 0.6) is 5.75 Å². The molecule has 0 spiro atoms. The summed E-state index contributed by atoms with van der Waals surface area (Å²) in [6.45, 7) is 13.7. The van der Waals surface area contributed by atoms with Crippen molar-refractivity contribution in [2.24, 2.45) is 17.8 Å². The molecule has 54 heavy (non-hydrogen) atoms. The van der Waals surface area contributed by atoms with Crippen LogP contribution in [-0.4, -0.2) is 92.0 Å². The third-order valence-electron chi connectivity index (χ3n) is 12.6. The summed E-state index contributed by atoms with van der Waals surface area (Å²) in [5, 5.41) is 0.980. The Morgan fingerprint density at radius 3 is 2.56 bits per heavy atom. The fraction of sp³-hybridized carbons (Fsp3) is 0.523. The number of hydrogen-bond donors (Lipinski definition) is 1. The highest BCUT2D eigenvalue weighted by atomic mass is 35.5. The molecular formula is C44H58ClN5O3S. The van der Waals surface area contributed by atoms with E-state index in [0.717, 1.165) is 94.4 Å². The summed E-state index contributed by atoms with van der Waals surface area (Å²) in [7, 11) is 1.37. The quantitative estimate of drug-likeness (QED) is 0.192. The topological polar surface area (TPSA) is 70.2 Å². The molecule has 8 nitrogen and oxygen atoms in total. The Balaban J connectivity index is 1.22. The number of fused-ring (bicyclic) bond motifs is 2. The number of carbonyl (C=O) groups is 1. The Bertz CT molecular complexity index is 1820. The number of methoxy groups -OCH3 is 1. The van der Waals surface area contributed by atoms with E-state index in [1.807, 2.05) is 37.7 Å². The number of carbonyl (C=O) groups excluding carboxylic acids is 1. The molecule has 4 aliphatic rings. The van der Waals surface area contributed by atoms with Gasteiger partial charge in [-0.25, -0.2) is 0 Å². The van der Waals surface area contributed by atoms with E-state index in [2.05, 4.69) is 93.5 Å². The minimum Gasteiger partial charge on any atom is -0.491 e. The van der Waals surface area contributed by atoms with Crippen molar-refractivity contribution in [3.8, 4) is 5.75 Å². The molecule has 1 N–H and O–H groups in total. The summed E-state index contributed by atoms with van der Waals surface area (Å²) in [6, 6.07) is 16.5. The van der Waals surface area contributed by atoms with Crippen molar-refractivity contribution in [2.45, 2.75) is 69.6 Å². The number of amides is 1. The fourth-order valence-electron chi connectivity index (χ4n) is 9.04. The van der Waals surface area contributed by atoms with E-state index in [1.54, 1.807) is 0 Å². The van der Waals surface area contributed by atoms with E-state index < -0.39 is 16.3 Å². The third kappa shape index (κ3) is 8.40. The lowest BCUT2D eigenvalue weighted by Crippen LogP contribution is -2.58. The number of pyridine rings is 1. The zero-order valence-electron chi connectivity index (χ0n) is 32.5. The van der Waals surface area contributed by atoms with Crippen molar-refractivity contribution in [1.82, 2.24) is 14.6 Å². The Hall–Kier alpha value is -3.37. The minimum atomic E-state index is -0.555. The van der Waals surface area contributed by atoms with Crippen molar-refractivity contribution < 1.29 is 14.3 Å². The van der Waals surface area contributed by atoms with E-state index in [4.69, 9.17) is 21.1 Å². The summed E-state index contributed by atoms with van der Waals surface area (Å²) in [6.07, 6.45) is 13.7. The molecule has 7 unspecified atom stereocenters. The van der Waals surface area contributed by atoms with Crippen molar-refractivity contribution in [2.75, 3.05) is 69.3 Å². The average molecular weight is 772 g/mol. The Morgan fingerprint density at radius 2 is 1.83 bits per heavy atom. The molecule has 3 aromatic rings. The van der Waals surface area contributed by atoms with Crippen LogP contribution < -0.4 is 19.3 Å². The maximum atomic E-state index is 13.8. The standard InChI is InChI=1S/C44H58ClN5O3S/c1-6-8-33-25-37(45)12-13-39(33)36-28-50-27-35-10-14-40(35)44(52-4,30-48-21-23-49(24-22-48)38-16-19-46-20-17-38)18-7-9-31(2)32(3)54(5)47-43(51)34-11-15-42(53-29-36)41(50)26-34/h7,11-13,15-20,25-26,31-32,35-36,40H,5-6,8-10,14,21-24,27-30H2,1-4H3,(H,47,51)/b18-7+. The lowest BCUT2D eigenvalue weighted by molar-refractivity contribution is -0.0919. The minimum absolute atomic E-state index is 0.0783. The monoisotopic (exact) mass is 771 g/mol. The number of benzene rings is 2. The predicted molar refractivity (Wildman–Crippen MR) is 226 cm³/mol. The van der Waals surface area contributed by atoms with Gasteiger partial charge in [-0.15, -0.1) is 0 Å².